The second-order valence-corrected chi connectivity index (χ2v) is 4.67. The molecule has 0 amide bonds. The summed E-state index contributed by atoms with van der Waals surface area (Å²) in [7, 11) is 0. The fourth-order valence-electron chi connectivity index (χ4n) is 2.16. The van der Waals surface area contributed by atoms with E-state index in [1.54, 1.807) is 6.07 Å². The molecule has 0 aliphatic carbocycles. The first-order chi connectivity index (χ1) is 8.77. The van der Waals surface area contributed by atoms with Gasteiger partial charge in [0.25, 0.3) is 0 Å². The Balaban J connectivity index is 1.84. The van der Waals surface area contributed by atoms with Gasteiger partial charge in [-0.3, -0.25) is 4.98 Å². The van der Waals surface area contributed by atoms with Gasteiger partial charge in [-0.2, -0.15) is 0 Å². The normalized spacial score (nSPS) is 12.3. The third-order valence-corrected chi connectivity index (χ3v) is 3.32. The van der Waals surface area contributed by atoms with Crippen LogP contribution in [0.3, 0.4) is 0 Å². The highest BCUT2D eigenvalue weighted by atomic mass is 19.1. The molecule has 0 fully saturated rings. The summed E-state index contributed by atoms with van der Waals surface area (Å²) in [5.74, 6) is 0.411. The zero-order valence-corrected chi connectivity index (χ0v) is 10.6. The summed E-state index contributed by atoms with van der Waals surface area (Å²) >= 11 is 0. The largest absolute Gasteiger partial charge is 0.265 e. The van der Waals surface area contributed by atoms with Gasteiger partial charge < -0.3 is 0 Å². The Morgan fingerprint density at radius 1 is 1.11 bits per heavy atom. The maximum Gasteiger partial charge on any atom is 0.126 e. The molecule has 1 aromatic carbocycles. The van der Waals surface area contributed by atoms with Gasteiger partial charge >= 0.3 is 0 Å². The lowest BCUT2D eigenvalue weighted by Gasteiger charge is -2.11. The van der Waals surface area contributed by atoms with Crippen LogP contribution in [0.25, 0.3) is 0 Å². The lowest BCUT2D eigenvalue weighted by atomic mass is 9.95. The van der Waals surface area contributed by atoms with Crippen LogP contribution in [-0.4, -0.2) is 4.98 Å². The second-order valence-electron chi connectivity index (χ2n) is 4.67. The molecular formula is C16H18FN. The fourth-order valence-corrected chi connectivity index (χ4v) is 2.16. The number of halogens is 1. The number of pyridine rings is 1. The summed E-state index contributed by atoms with van der Waals surface area (Å²) in [6.07, 6.45) is 6.52. The number of rotatable bonds is 5. The summed E-state index contributed by atoms with van der Waals surface area (Å²) < 4.78 is 13.4. The number of benzene rings is 1. The lowest BCUT2D eigenvalue weighted by Crippen LogP contribution is -1.96. The third-order valence-electron chi connectivity index (χ3n) is 3.32. The molecule has 1 heterocycles. The molecule has 0 radical (unpaired) electrons. The van der Waals surface area contributed by atoms with Crippen LogP contribution in [0.4, 0.5) is 4.39 Å². The van der Waals surface area contributed by atoms with E-state index in [1.165, 1.54) is 11.6 Å². The molecule has 2 rings (SSSR count). The fraction of sp³-hybridized carbons (Fsp3) is 0.312. The van der Waals surface area contributed by atoms with E-state index in [1.807, 2.05) is 36.7 Å². The van der Waals surface area contributed by atoms with Crippen molar-refractivity contribution in [2.45, 2.75) is 32.1 Å². The Bertz CT molecular complexity index is 481. The van der Waals surface area contributed by atoms with Crippen LogP contribution in [0, 0.1) is 5.82 Å². The number of hydrogen-bond donors (Lipinski definition) is 0. The van der Waals surface area contributed by atoms with Crippen LogP contribution in [0.15, 0.2) is 48.8 Å². The maximum atomic E-state index is 13.4. The molecule has 0 saturated heterocycles. The van der Waals surface area contributed by atoms with Crippen molar-refractivity contribution in [1.29, 1.82) is 0 Å². The average molecular weight is 243 g/mol. The molecule has 1 atom stereocenters. The first-order valence-corrected chi connectivity index (χ1v) is 6.40. The van der Waals surface area contributed by atoms with Crippen LogP contribution in [0.2, 0.25) is 0 Å². The first-order valence-electron chi connectivity index (χ1n) is 6.40. The second kappa shape index (κ2) is 6.29. The van der Waals surface area contributed by atoms with Gasteiger partial charge in [-0.25, -0.2) is 4.39 Å². The Labute approximate surface area is 108 Å². The predicted molar refractivity (Wildman–Crippen MR) is 72.0 cm³/mol. The SMILES string of the molecule is CC(CCCc1ccccc1F)c1ccncc1. The molecule has 1 unspecified atom stereocenters. The summed E-state index contributed by atoms with van der Waals surface area (Å²) in [6.45, 7) is 2.21. The summed E-state index contributed by atoms with van der Waals surface area (Å²) in [4.78, 5) is 4.02. The minimum Gasteiger partial charge on any atom is -0.265 e. The van der Waals surface area contributed by atoms with Crippen molar-refractivity contribution in [2.75, 3.05) is 0 Å². The molecule has 0 aliphatic heterocycles. The molecule has 0 bridgehead atoms. The van der Waals surface area contributed by atoms with E-state index >= 15 is 0 Å². The standard InChI is InChI=1S/C16H18FN/c1-13(14-9-11-18-12-10-14)5-4-7-15-6-2-3-8-16(15)17/h2-3,6,8-13H,4-5,7H2,1H3. The molecule has 0 N–H and O–H groups in total. The highest BCUT2D eigenvalue weighted by molar-refractivity contribution is 5.18. The van der Waals surface area contributed by atoms with Crippen molar-refractivity contribution in [2.24, 2.45) is 0 Å². The predicted octanol–water partition coefficient (Wildman–Crippen LogP) is 4.35. The van der Waals surface area contributed by atoms with E-state index in [2.05, 4.69) is 11.9 Å². The molecule has 18 heavy (non-hydrogen) atoms. The van der Waals surface area contributed by atoms with Crippen molar-refractivity contribution < 1.29 is 4.39 Å². The van der Waals surface area contributed by atoms with Crippen LogP contribution in [-0.2, 0) is 6.42 Å². The molecule has 1 nitrogen and oxygen atoms in total. The minimum atomic E-state index is -0.0888. The summed E-state index contributed by atoms with van der Waals surface area (Å²) in [5.41, 5.74) is 2.12. The van der Waals surface area contributed by atoms with Gasteiger partial charge in [-0.05, 0) is 54.5 Å². The topological polar surface area (TPSA) is 12.9 Å². The highest BCUT2D eigenvalue weighted by Crippen LogP contribution is 2.21. The summed E-state index contributed by atoms with van der Waals surface area (Å²) in [6, 6.07) is 11.1. The van der Waals surface area contributed by atoms with Gasteiger partial charge in [0.05, 0.1) is 0 Å². The Hall–Kier alpha value is -1.70. The number of aryl methyl sites for hydroxylation is 1. The van der Waals surface area contributed by atoms with Gasteiger partial charge in [0.15, 0.2) is 0 Å². The van der Waals surface area contributed by atoms with Gasteiger partial charge in [-0.15, -0.1) is 0 Å². The van der Waals surface area contributed by atoms with Crippen LogP contribution < -0.4 is 0 Å². The van der Waals surface area contributed by atoms with Crippen molar-refractivity contribution >= 4 is 0 Å². The maximum absolute atomic E-state index is 13.4. The Kier molecular flexibility index (Phi) is 4.46. The van der Waals surface area contributed by atoms with Crippen molar-refractivity contribution in [3.63, 3.8) is 0 Å². The summed E-state index contributed by atoms with van der Waals surface area (Å²) in [5, 5.41) is 0. The van der Waals surface area contributed by atoms with E-state index in [-0.39, 0.29) is 5.82 Å². The van der Waals surface area contributed by atoms with Gasteiger partial charge in [0.2, 0.25) is 0 Å². The zero-order valence-electron chi connectivity index (χ0n) is 10.6. The van der Waals surface area contributed by atoms with Gasteiger partial charge in [-0.1, -0.05) is 25.1 Å². The van der Waals surface area contributed by atoms with Gasteiger partial charge in [0.1, 0.15) is 5.82 Å². The van der Waals surface area contributed by atoms with Crippen LogP contribution in [0.5, 0.6) is 0 Å². The molecule has 2 heteroatoms. The molecule has 94 valence electrons. The van der Waals surface area contributed by atoms with Crippen molar-refractivity contribution in [1.82, 2.24) is 4.98 Å². The number of nitrogens with zero attached hydrogens (tertiary/aromatic N) is 1. The molecule has 2 aromatic rings. The molecule has 0 spiro atoms. The highest BCUT2D eigenvalue weighted by Gasteiger charge is 2.06. The van der Waals surface area contributed by atoms with Gasteiger partial charge in [0, 0.05) is 12.4 Å². The van der Waals surface area contributed by atoms with E-state index in [0.29, 0.717) is 5.92 Å². The smallest absolute Gasteiger partial charge is 0.126 e. The first kappa shape index (κ1) is 12.7. The van der Waals surface area contributed by atoms with Crippen molar-refractivity contribution in [3.05, 3.63) is 65.7 Å². The molecule has 1 aromatic heterocycles. The Morgan fingerprint density at radius 3 is 2.56 bits per heavy atom. The minimum absolute atomic E-state index is 0.0888. The number of aromatic nitrogens is 1. The molecule has 0 saturated carbocycles. The van der Waals surface area contributed by atoms with E-state index in [9.17, 15) is 4.39 Å². The zero-order chi connectivity index (χ0) is 12.8. The van der Waals surface area contributed by atoms with Crippen LogP contribution in [0.1, 0.15) is 36.8 Å². The Morgan fingerprint density at radius 2 is 1.83 bits per heavy atom. The quantitative estimate of drug-likeness (QED) is 0.761. The molecular weight excluding hydrogens is 225 g/mol. The monoisotopic (exact) mass is 243 g/mol. The van der Waals surface area contributed by atoms with E-state index in [4.69, 9.17) is 0 Å². The van der Waals surface area contributed by atoms with E-state index in [0.717, 1.165) is 24.8 Å². The number of hydrogen-bond acceptors (Lipinski definition) is 1. The van der Waals surface area contributed by atoms with Crippen LogP contribution >= 0.6 is 0 Å². The molecule has 0 aliphatic rings. The average Bonchev–Trinajstić information content (AvgIpc) is 2.42. The third kappa shape index (κ3) is 3.39. The van der Waals surface area contributed by atoms with Crippen molar-refractivity contribution in [3.8, 4) is 0 Å². The lowest BCUT2D eigenvalue weighted by molar-refractivity contribution is 0.585. The van der Waals surface area contributed by atoms with E-state index < -0.39 is 0 Å².